The molecule has 0 unspecified atom stereocenters. The molecule has 0 aromatic heterocycles. The maximum Gasteiger partial charge on any atom is 0.157 e. The van der Waals surface area contributed by atoms with Crippen LogP contribution in [0.5, 0.6) is 0 Å². The Bertz CT molecular complexity index is 236. The van der Waals surface area contributed by atoms with E-state index in [1.54, 1.807) is 0 Å². The van der Waals surface area contributed by atoms with E-state index in [-0.39, 0.29) is 5.54 Å². The van der Waals surface area contributed by atoms with Crippen LogP contribution < -0.4 is 5.32 Å². The van der Waals surface area contributed by atoms with Gasteiger partial charge in [-0.2, -0.15) is 0 Å². The van der Waals surface area contributed by atoms with Crippen molar-refractivity contribution in [1.82, 2.24) is 10.2 Å². The smallest absolute Gasteiger partial charge is 0.157 e. The average Bonchev–Trinajstić information content (AvgIpc) is 2.45. The molecule has 88 valence electrons. The minimum atomic E-state index is 0.216. The van der Waals surface area contributed by atoms with Crippen molar-refractivity contribution in [3.05, 3.63) is 0 Å². The van der Waals surface area contributed by atoms with Gasteiger partial charge in [0.1, 0.15) is 0 Å². The summed E-state index contributed by atoms with van der Waals surface area (Å²) in [4.78, 5) is 6.88. The van der Waals surface area contributed by atoms with E-state index in [4.69, 9.17) is 0 Å². The van der Waals surface area contributed by atoms with Gasteiger partial charge in [-0.1, -0.05) is 11.8 Å². The van der Waals surface area contributed by atoms with E-state index in [2.05, 4.69) is 50.0 Å². The second-order valence-electron chi connectivity index (χ2n) is 5.06. The molecule has 0 bridgehead atoms. The molecule has 3 nitrogen and oxygen atoms in total. The first-order chi connectivity index (χ1) is 6.91. The van der Waals surface area contributed by atoms with Gasteiger partial charge in [-0.25, -0.2) is 0 Å². The Balaban J connectivity index is 2.28. The van der Waals surface area contributed by atoms with Gasteiger partial charge in [0, 0.05) is 23.9 Å². The standard InChI is InChI=1S/C11H23N3S/c1-9(2)14(5)7-6-12-10-13-11(3,4)8-15-10/h9H,6-8H2,1-5H3,(H,12,13). The summed E-state index contributed by atoms with van der Waals surface area (Å²) in [5, 5.41) is 4.54. The van der Waals surface area contributed by atoms with Crippen LogP contribution in [0.3, 0.4) is 0 Å². The number of hydrogen-bond donors (Lipinski definition) is 1. The summed E-state index contributed by atoms with van der Waals surface area (Å²) >= 11 is 1.83. The van der Waals surface area contributed by atoms with Crippen LogP contribution in [-0.4, -0.2) is 47.5 Å². The Kier molecular flexibility index (Phi) is 4.46. The van der Waals surface area contributed by atoms with E-state index in [0.29, 0.717) is 6.04 Å². The fraction of sp³-hybridized carbons (Fsp3) is 0.909. The summed E-state index contributed by atoms with van der Waals surface area (Å²) in [6, 6.07) is 0.603. The van der Waals surface area contributed by atoms with Crippen molar-refractivity contribution in [3.63, 3.8) is 0 Å². The molecule has 1 fully saturated rings. The number of likely N-dealkylation sites (N-methyl/N-ethyl adjacent to an activating group) is 1. The van der Waals surface area contributed by atoms with Crippen LogP contribution in [0.25, 0.3) is 0 Å². The van der Waals surface area contributed by atoms with Crippen LogP contribution in [0.4, 0.5) is 0 Å². The zero-order valence-electron chi connectivity index (χ0n) is 10.5. The molecule has 0 aromatic carbocycles. The van der Waals surface area contributed by atoms with E-state index in [9.17, 15) is 0 Å². The molecule has 1 saturated heterocycles. The zero-order valence-corrected chi connectivity index (χ0v) is 11.3. The third-order valence-electron chi connectivity index (χ3n) is 2.60. The van der Waals surface area contributed by atoms with Crippen molar-refractivity contribution in [3.8, 4) is 0 Å². The highest BCUT2D eigenvalue weighted by atomic mass is 32.2. The van der Waals surface area contributed by atoms with Crippen LogP contribution in [0.2, 0.25) is 0 Å². The molecule has 0 radical (unpaired) electrons. The van der Waals surface area contributed by atoms with E-state index in [1.165, 1.54) is 0 Å². The largest absolute Gasteiger partial charge is 0.359 e. The lowest BCUT2D eigenvalue weighted by molar-refractivity contribution is 0.282. The molecule has 1 rings (SSSR count). The number of thioether (sulfide) groups is 1. The number of amidine groups is 1. The predicted molar refractivity (Wildman–Crippen MR) is 69.7 cm³/mol. The molecule has 4 heteroatoms. The van der Waals surface area contributed by atoms with Crippen LogP contribution in [-0.2, 0) is 0 Å². The number of nitrogens with one attached hydrogen (secondary N) is 1. The van der Waals surface area contributed by atoms with E-state index in [0.717, 1.165) is 24.0 Å². The molecule has 0 spiro atoms. The fourth-order valence-corrected chi connectivity index (χ4v) is 2.36. The lowest BCUT2D eigenvalue weighted by atomic mass is 10.1. The topological polar surface area (TPSA) is 27.6 Å². The number of hydrogen-bond acceptors (Lipinski definition) is 3. The molecule has 0 aliphatic carbocycles. The molecule has 0 atom stereocenters. The summed E-state index contributed by atoms with van der Waals surface area (Å²) in [6.45, 7) is 10.8. The van der Waals surface area contributed by atoms with E-state index in [1.807, 2.05) is 11.8 Å². The van der Waals surface area contributed by atoms with Gasteiger partial charge < -0.3 is 10.2 Å². The second-order valence-corrected chi connectivity index (χ2v) is 6.02. The summed E-state index contributed by atoms with van der Waals surface area (Å²) in [5.74, 6) is 1.12. The monoisotopic (exact) mass is 229 g/mol. The van der Waals surface area contributed by atoms with Crippen LogP contribution in [0, 0.1) is 0 Å². The minimum Gasteiger partial charge on any atom is -0.359 e. The van der Waals surface area contributed by atoms with Gasteiger partial charge in [-0.15, -0.1) is 0 Å². The Morgan fingerprint density at radius 1 is 1.53 bits per heavy atom. The Morgan fingerprint density at radius 3 is 2.67 bits per heavy atom. The molecule has 0 aromatic rings. The van der Waals surface area contributed by atoms with Gasteiger partial charge in [-0.3, -0.25) is 4.99 Å². The highest BCUT2D eigenvalue weighted by Crippen LogP contribution is 2.21. The van der Waals surface area contributed by atoms with Crippen LogP contribution >= 0.6 is 11.8 Å². The first-order valence-electron chi connectivity index (χ1n) is 5.56. The van der Waals surface area contributed by atoms with Gasteiger partial charge in [0.25, 0.3) is 0 Å². The Labute approximate surface area is 97.7 Å². The van der Waals surface area contributed by atoms with Crippen LogP contribution in [0.1, 0.15) is 27.7 Å². The van der Waals surface area contributed by atoms with Gasteiger partial charge in [0.2, 0.25) is 0 Å². The first kappa shape index (κ1) is 12.8. The van der Waals surface area contributed by atoms with Gasteiger partial charge >= 0.3 is 0 Å². The molecular formula is C11H23N3S. The third-order valence-corrected chi connectivity index (χ3v) is 3.98. The maximum atomic E-state index is 4.57. The quantitative estimate of drug-likeness (QED) is 0.796. The number of rotatable bonds is 4. The molecule has 0 saturated carbocycles. The van der Waals surface area contributed by atoms with Crippen molar-refractivity contribution in [2.45, 2.75) is 39.3 Å². The average molecular weight is 229 g/mol. The normalized spacial score (nSPS) is 22.7. The van der Waals surface area contributed by atoms with Gasteiger partial charge in [0.05, 0.1) is 6.54 Å². The Morgan fingerprint density at radius 2 is 2.20 bits per heavy atom. The van der Waals surface area contributed by atoms with Crippen molar-refractivity contribution >= 4 is 16.9 Å². The summed E-state index contributed by atoms with van der Waals surface area (Å²) in [7, 11) is 2.14. The first-order valence-corrected chi connectivity index (χ1v) is 6.55. The minimum absolute atomic E-state index is 0.216. The van der Waals surface area contributed by atoms with E-state index < -0.39 is 0 Å². The fourth-order valence-electron chi connectivity index (χ4n) is 1.26. The number of aliphatic imine (C=N–C) groups is 1. The Hall–Kier alpha value is -0.220. The van der Waals surface area contributed by atoms with Gasteiger partial charge in [-0.05, 0) is 34.7 Å². The molecule has 1 N–H and O–H groups in total. The molecular weight excluding hydrogens is 206 g/mol. The van der Waals surface area contributed by atoms with E-state index >= 15 is 0 Å². The molecule has 0 amide bonds. The zero-order chi connectivity index (χ0) is 11.5. The maximum absolute atomic E-state index is 4.57. The van der Waals surface area contributed by atoms with Crippen molar-refractivity contribution in [2.75, 3.05) is 25.9 Å². The highest BCUT2D eigenvalue weighted by Gasteiger charge is 2.26. The third kappa shape index (κ3) is 4.43. The highest BCUT2D eigenvalue weighted by molar-refractivity contribution is 8.14. The lowest BCUT2D eigenvalue weighted by Gasteiger charge is -2.19. The SMILES string of the molecule is CC(C)N(C)CCN=C1NC(C)(C)CS1. The molecule has 1 heterocycles. The summed E-state index contributed by atoms with van der Waals surface area (Å²) in [5.41, 5.74) is 0.216. The van der Waals surface area contributed by atoms with Gasteiger partial charge in [0.15, 0.2) is 5.17 Å². The molecule has 1 aliphatic rings. The summed E-state index contributed by atoms with van der Waals surface area (Å²) < 4.78 is 0. The predicted octanol–water partition coefficient (Wildman–Crippen LogP) is 1.80. The van der Waals surface area contributed by atoms with Crippen molar-refractivity contribution in [1.29, 1.82) is 0 Å². The van der Waals surface area contributed by atoms with Crippen LogP contribution in [0.15, 0.2) is 4.99 Å². The van der Waals surface area contributed by atoms with Crippen molar-refractivity contribution in [2.24, 2.45) is 4.99 Å². The lowest BCUT2D eigenvalue weighted by Crippen LogP contribution is -2.37. The molecule has 15 heavy (non-hydrogen) atoms. The molecule has 1 aliphatic heterocycles. The number of nitrogens with zero attached hydrogens (tertiary/aromatic N) is 2. The second kappa shape index (κ2) is 5.21. The summed E-state index contributed by atoms with van der Waals surface area (Å²) in [6.07, 6.45) is 0. The van der Waals surface area contributed by atoms with Crippen molar-refractivity contribution < 1.29 is 0 Å².